The quantitative estimate of drug-likeness (QED) is 0.298. The number of anilines is 2. The molecule has 0 saturated carbocycles. The summed E-state index contributed by atoms with van der Waals surface area (Å²) in [5.41, 5.74) is 6.98. The van der Waals surface area contributed by atoms with E-state index in [1.54, 1.807) is 0 Å². The maximum absolute atomic E-state index is 6.07. The fourth-order valence-electron chi connectivity index (χ4n) is 4.27. The molecule has 6 rings (SSSR count). The smallest absolute Gasteiger partial charge is 0.161 e. The lowest BCUT2D eigenvalue weighted by atomic mass is 10.0. The van der Waals surface area contributed by atoms with Crippen LogP contribution in [0.1, 0.15) is 5.56 Å². The molecule has 0 bridgehead atoms. The van der Waals surface area contributed by atoms with E-state index < -0.39 is 0 Å². The Kier molecular flexibility index (Phi) is 4.97. The van der Waals surface area contributed by atoms with Crippen molar-refractivity contribution in [3.05, 3.63) is 108 Å². The molecule has 1 N–H and O–H groups in total. The highest BCUT2D eigenvalue weighted by atomic mass is 35.5. The number of nitrogens with zero attached hydrogens (tertiary/aromatic N) is 4. The molecule has 0 spiro atoms. The Morgan fingerprint density at radius 3 is 2.38 bits per heavy atom. The summed E-state index contributed by atoms with van der Waals surface area (Å²) in [4.78, 5) is 4.64. The van der Waals surface area contributed by atoms with Crippen molar-refractivity contribution < 1.29 is 0 Å². The number of aryl methyl sites for hydroxylation is 1. The topological polar surface area (TPSA) is 55.6 Å². The van der Waals surface area contributed by atoms with Gasteiger partial charge in [-0.25, -0.2) is 4.98 Å². The summed E-state index contributed by atoms with van der Waals surface area (Å²) in [6.07, 6.45) is 1.87. The first-order valence-corrected chi connectivity index (χ1v) is 11.4. The van der Waals surface area contributed by atoms with Crippen LogP contribution < -0.4 is 5.32 Å². The molecule has 0 fully saturated rings. The van der Waals surface area contributed by atoms with Crippen molar-refractivity contribution in [1.82, 2.24) is 19.7 Å². The van der Waals surface area contributed by atoms with Crippen molar-refractivity contribution in [3.8, 4) is 16.9 Å². The van der Waals surface area contributed by atoms with Crippen molar-refractivity contribution in [2.75, 3.05) is 5.32 Å². The molecule has 0 amide bonds. The highest BCUT2D eigenvalue weighted by Gasteiger charge is 2.12. The van der Waals surface area contributed by atoms with Crippen LogP contribution >= 0.6 is 11.6 Å². The number of imidazole rings is 1. The van der Waals surface area contributed by atoms with Crippen LogP contribution in [0.5, 0.6) is 0 Å². The number of para-hydroxylation sites is 1. The van der Waals surface area contributed by atoms with Gasteiger partial charge in [0.05, 0.1) is 16.7 Å². The van der Waals surface area contributed by atoms with Crippen LogP contribution in [0, 0.1) is 6.92 Å². The molecule has 2 heterocycles. The van der Waals surface area contributed by atoms with E-state index in [4.69, 9.17) is 11.6 Å². The van der Waals surface area contributed by atoms with E-state index in [9.17, 15) is 0 Å². The van der Waals surface area contributed by atoms with E-state index in [0.29, 0.717) is 10.8 Å². The largest absolute Gasteiger partial charge is 0.338 e. The lowest BCUT2D eigenvalue weighted by molar-refractivity contribution is 1.06. The normalized spacial score (nSPS) is 11.2. The van der Waals surface area contributed by atoms with E-state index >= 15 is 0 Å². The van der Waals surface area contributed by atoms with Crippen molar-refractivity contribution in [2.45, 2.75) is 6.92 Å². The Bertz CT molecular complexity index is 1650. The summed E-state index contributed by atoms with van der Waals surface area (Å²) in [6, 6.07) is 30.2. The van der Waals surface area contributed by atoms with E-state index in [0.717, 1.165) is 44.4 Å². The molecule has 34 heavy (non-hydrogen) atoms. The summed E-state index contributed by atoms with van der Waals surface area (Å²) in [7, 11) is 0. The number of nitrogens with one attached hydrogen (secondary N) is 1. The average Bonchev–Trinajstić information content (AvgIpc) is 3.28. The second-order valence-electron chi connectivity index (χ2n) is 8.18. The van der Waals surface area contributed by atoms with Gasteiger partial charge in [0.2, 0.25) is 0 Å². The lowest BCUT2D eigenvalue weighted by Crippen LogP contribution is -1.99. The molecule has 4 aromatic carbocycles. The van der Waals surface area contributed by atoms with Gasteiger partial charge in [-0.05, 0) is 48.9 Å². The summed E-state index contributed by atoms with van der Waals surface area (Å²) in [5.74, 6) is 0.700. The Labute approximate surface area is 201 Å². The molecule has 0 aliphatic rings. The van der Waals surface area contributed by atoms with Crippen molar-refractivity contribution >= 4 is 44.9 Å². The van der Waals surface area contributed by atoms with Gasteiger partial charge in [-0.1, -0.05) is 66.2 Å². The molecule has 2 aromatic heterocycles. The molecular formula is C28H20ClN5. The Balaban J connectivity index is 1.39. The first-order valence-electron chi connectivity index (χ1n) is 11.0. The van der Waals surface area contributed by atoms with E-state index in [1.165, 1.54) is 5.56 Å². The van der Waals surface area contributed by atoms with Crippen LogP contribution in [0.4, 0.5) is 11.5 Å². The third-order valence-electron chi connectivity index (χ3n) is 5.99. The standard InChI is InChI=1S/C28H20ClN5/c1-18-6-2-5-9-25(18)34-17-30-24-16-21(14-15-26(24)34)31-28-23-8-4-3-7-22(23)27(32-33-28)19-10-12-20(29)13-11-19/h2-17H,1H3,(H,31,33). The zero-order valence-electron chi connectivity index (χ0n) is 18.4. The predicted molar refractivity (Wildman–Crippen MR) is 139 cm³/mol. The molecule has 164 valence electrons. The molecule has 6 heteroatoms. The molecular weight excluding hydrogens is 442 g/mol. The molecule has 0 saturated heterocycles. The number of aromatic nitrogens is 4. The maximum atomic E-state index is 6.07. The van der Waals surface area contributed by atoms with Gasteiger partial charge in [0.15, 0.2) is 5.82 Å². The van der Waals surface area contributed by atoms with Crippen LogP contribution in [0.3, 0.4) is 0 Å². The average molecular weight is 462 g/mol. The lowest BCUT2D eigenvalue weighted by Gasteiger charge is -2.12. The van der Waals surface area contributed by atoms with E-state index in [-0.39, 0.29) is 0 Å². The minimum atomic E-state index is 0.694. The Morgan fingerprint density at radius 1 is 0.794 bits per heavy atom. The summed E-state index contributed by atoms with van der Waals surface area (Å²) >= 11 is 6.07. The second-order valence-corrected chi connectivity index (χ2v) is 8.62. The van der Waals surface area contributed by atoms with Crippen molar-refractivity contribution in [1.29, 1.82) is 0 Å². The van der Waals surface area contributed by atoms with Crippen LogP contribution in [-0.2, 0) is 0 Å². The molecule has 0 aliphatic carbocycles. The SMILES string of the molecule is Cc1ccccc1-n1cnc2cc(Nc3nnc(-c4ccc(Cl)cc4)c4ccccc34)ccc21. The van der Waals surface area contributed by atoms with Crippen LogP contribution in [0.25, 0.3) is 38.8 Å². The molecule has 5 nitrogen and oxygen atoms in total. The number of rotatable bonds is 4. The number of halogens is 1. The van der Waals surface area contributed by atoms with Gasteiger partial charge in [0.25, 0.3) is 0 Å². The van der Waals surface area contributed by atoms with Gasteiger partial charge in [-0.15, -0.1) is 10.2 Å². The number of fused-ring (bicyclic) bond motifs is 2. The third-order valence-corrected chi connectivity index (χ3v) is 6.24. The monoisotopic (exact) mass is 461 g/mol. The molecule has 6 aromatic rings. The Hall–Kier alpha value is -4.22. The highest BCUT2D eigenvalue weighted by Crippen LogP contribution is 2.32. The summed E-state index contributed by atoms with van der Waals surface area (Å²) in [5, 5.41) is 15.2. The minimum absolute atomic E-state index is 0.694. The fraction of sp³-hybridized carbons (Fsp3) is 0.0357. The highest BCUT2D eigenvalue weighted by molar-refractivity contribution is 6.30. The molecule has 0 aliphatic heterocycles. The van der Waals surface area contributed by atoms with Gasteiger partial charge < -0.3 is 5.32 Å². The number of hydrogen-bond acceptors (Lipinski definition) is 4. The molecule has 0 unspecified atom stereocenters. The van der Waals surface area contributed by atoms with Gasteiger partial charge >= 0.3 is 0 Å². The summed E-state index contributed by atoms with van der Waals surface area (Å²) < 4.78 is 2.12. The van der Waals surface area contributed by atoms with Gasteiger partial charge in [0.1, 0.15) is 12.0 Å². The summed E-state index contributed by atoms with van der Waals surface area (Å²) in [6.45, 7) is 2.11. The van der Waals surface area contributed by atoms with Gasteiger partial charge in [-0.2, -0.15) is 0 Å². The van der Waals surface area contributed by atoms with E-state index in [1.807, 2.05) is 67.0 Å². The van der Waals surface area contributed by atoms with Crippen molar-refractivity contribution in [3.63, 3.8) is 0 Å². The van der Waals surface area contributed by atoms with Crippen LogP contribution in [-0.4, -0.2) is 19.7 Å². The molecule has 0 radical (unpaired) electrons. The Morgan fingerprint density at radius 2 is 1.56 bits per heavy atom. The van der Waals surface area contributed by atoms with Gasteiger partial charge in [-0.3, -0.25) is 4.57 Å². The number of benzene rings is 4. The minimum Gasteiger partial charge on any atom is -0.338 e. The second kappa shape index (κ2) is 8.28. The fourth-order valence-corrected chi connectivity index (χ4v) is 4.40. The third kappa shape index (κ3) is 3.56. The zero-order valence-corrected chi connectivity index (χ0v) is 19.2. The zero-order chi connectivity index (χ0) is 23.1. The predicted octanol–water partition coefficient (Wildman–Crippen LogP) is 7.34. The molecule has 0 atom stereocenters. The maximum Gasteiger partial charge on any atom is 0.161 e. The van der Waals surface area contributed by atoms with Gasteiger partial charge in [0, 0.05) is 27.0 Å². The van der Waals surface area contributed by atoms with Crippen molar-refractivity contribution in [2.24, 2.45) is 0 Å². The van der Waals surface area contributed by atoms with Crippen LogP contribution in [0.2, 0.25) is 5.02 Å². The number of hydrogen-bond donors (Lipinski definition) is 1. The van der Waals surface area contributed by atoms with E-state index in [2.05, 4.69) is 62.3 Å². The first kappa shape index (κ1) is 20.4. The first-order chi connectivity index (χ1) is 16.7. The van der Waals surface area contributed by atoms with Crippen LogP contribution in [0.15, 0.2) is 97.3 Å².